The Kier molecular flexibility index (Phi) is 2.34. The number of aromatic hydroxyl groups is 2. The molecule has 1 heterocycles. The lowest BCUT2D eigenvalue weighted by Gasteiger charge is -2.04. The summed E-state index contributed by atoms with van der Waals surface area (Å²) >= 11 is 0. The maximum absolute atomic E-state index is 9.29. The van der Waals surface area contributed by atoms with E-state index in [4.69, 9.17) is 9.94 Å². The van der Waals surface area contributed by atoms with Crippen molar-refractivity contribution in [1.29, 1.82) is 0 Å². The third-order valence-electron chi connectivity index (χ3n) is 1.94. The average Bonchev–Trinajstić information content (AvgIpc) is 2.59. The van der Waals surface area contributed by atoms with Crippen molar-refractivity contribution in [3.63, 3.8) is 0 Å². The number of nitrogens with zero attached hydrogens (tertiary/aromatic N) is 2. The van der Waals surface area contributed by atoms with Crippen molar-refractivity contribution in [2.45, 2.75) is 0 Å². The molecule has 0 aliphatic carbocycles. The molecule has 0 amide bonds. The van der Waals surface area contributed by atoms with Crippen molar-refractivity contribution in [1.82, 2.24) is 9.94 Å². The number of hydrogen-bond donors (Lipinski definition) is 3. The van der Waals surface area contributed by atoms with Crippen LogP contribution in [-0.4, -0.2) is 38.5 Å². The van der Waals surface area contributed by atoms with Crippen LogP contribution in [0.5, 0.6) is 11.5 Å². The van der Waals surface area contributed by atoms with Crippen LogP contribution in [0.2, 0.25) is 0 Å². The van der Waals surface area contributed by atoms with Crippen LogP contribution in [-0.2, 0) is 0 Å². The summed E-state index contributed by atoms with van der Waals surface area (Å²) in [5.41, 5.74) is 0.527. The number of hydrogen-bond acceptors (Lipinski definition) is 5. The summed E-state index contributed by atoms with van der Waals surface area (Å²) < 4.78 is 0. The summed E-state index contributed by atoms with van der Waals surface area (Å²) in [6.07, 6.45) is 1.49. The van der Waals surface area contributed by atoms with Gasteiger partial charge in [-0.2, -0.15) is 0 Å². The largest absolute Gasteiger partial charge is 0.504 e. The zero-order valence-corrected chi connectivity index (χ0v) is 7.79. The molecule has 0 fully saturated rings. The van der Waals surface area contributed by atoms with Gasteiger partial charge in [0.05, 0.1) is 12.8 Å². The number of aliphatic hydroxyl groups is 1. The molecule has 0 atom stereocenters. The zero-order chi connectivity index (χ0) is 10.8. The molecule has 0 saturated heterocycles. The first-order valence-corrected chi connectivity index (χ1v) is 4.36. The third kappa shape index (κ3) is 1.66. The van der Waals surface area contributed by atoms with Gasteiger partial charge in [-0.05, 0) is 6.07 Å². The first kappa shape index (κ1) is 9.60. The molecule has 0 aliphatic rings. The number of aliphatic hydroxyl groups excluding tert-OH is 1. The summed E-state index contributed by atoms with van der Waals surface area (Å²) in [5, 5.41) is 31.6. The first-order chi connectivity index (χ1) is 7.22. The Hall–Kier alpha value is -1.95. The zero-order valence-electron chi connectivity index (χ0n) is 7.79. The van der Waals surface area contributed by atoms with Gasteiger partial charge in [0.2, 0.25) is 0 Å². The van der Waals surface area contributed by atoms with E-state index in [1.165, 1.54) is 23.2 Å². The van der Waals surface area contributed by atoms with E-state index in [2.05, 4.69) is 5.10 Å². The highest BCUT2D eigenvalue weighted by Gasteiger charge is 2.08. The van der Waals surface area contributed by atoms with Crippen molar-refractivity contribution in [2.75, 3.05) is 13.2 Å². The van der Waals surface area contributed by atoms with Gasteiger partial charge in [0.15, 0.2) is 11.5 Å². The highest BCUT2D eigenvalue weighted by molar-refractivity contribution is 5.82. The summed E-state index contributed by atoms with van der Waals surface area (Å²) in [6.45, 7) is -0.0101. The molecular weight excluding hydrogens is 200 g/mol. The van der Waals surface area contributed by atoms with Crippen LogP contribution in [0.1, 0.15) is 0 Å². The highest BCUT2D eigenvalue weighted by atomic mass is 16.7. The fourth-order valence-electron chi connectivity index (χ4n) is 1.26. The van der Waals surface area contributed by atoms with Crippen LogP contribution in [0.15, 0.2) is 18.3 Å². The molecular formula is C9H10N2O4. The molecule has 0 unspecified atom stereocenters. The molecule has 15 heavy (non-hydrogen) atoms. The van der Waals surface area contributed by atoms with Crippen LogP contribution < -0.4 is 4.84 Å². The maximum atomic E-state index is 9.29. The van der Waals surface area contributed by atoms with Crippen LogP contribution in [0.3, 0.4) is 0 Å². The van der Waals surface area contributed by atoms with Crippen molar-refractivity contribution in [2.24, 2.45) is 0 Å². The first-order valence-electron chi connectivity index (χ1n) is 4.36. The summed E-state index contributed by atoms with van der Waals surface area (Å²) in [7, 11) is 0. The van der Waals surface area contributed by atoms with Gasteiger partial charge >= 0.3 is 0 Å². The fraction of sp³-hybridized carbons (Fsp3) is 0.222. The fourth-order valence-corrected chi connectivity index (χ4v) is 1.26. The Balaban J connectivity index is 2.45. The maximum Gasteiger partial charge on any atom is 0.159 e. The second kappa shape index (κ2) is 3.66. The molecule has 2 aromatic rings. The molecule has 6 nitrogen and oxygen atoms in total. The van der Waals surface area contributed by atoms with Gasteiger partial charge in [-0.15, -0.1) is 5.10 Å². The number of phenolic OH excluding ortho intramolecular Hbond substituents is 2. The summed E-state index contributed by atoms with van der Waals surface area (Å²) in [5.74, 6) is -0.443. The molecule has 6 heteroatoms. The lowest BCUT2D eigenvalue weighted by atomic mass is 10.2. The number of fused-ring (bicyclic) bond motifs is 1. The molecule has 1 aromatic carbocycles. The second-order valence-corrected chi connectivity index (χ2v) is 2.97. The minimum atomic E-state index is -0.239. The van der Waals surface area contributed by atoms with Gasteiger partial charge in [-0.1, -0.05) is 4.85 Å². The summed E-state index contributed by atoms with van der Waals surface area (Å²) in [4.78, 5) is 6.25. The lowest BCUT2D eigenvalue weighted by molar-refractivity contribution is 0.0616. The van der Waals surface area contributed by atoms with E-state index in [0.717, 1.165) is 0 Å². The van der Waals surface area contributed by atoms with Crippen molar-refractivity contribution in [3.8, 4) is 11.5 Å². The molecule has 3 N–H and O–H groups in total. The molecule has 0 bridgehead atoms. The number of aromatic nitrogens is 2. The van der Waals surface area contributed by atoms with E-state index in [1.54, 1.807) is 0 Å². The molecule has 0 saturated carbocycles. The second-order valence-electron chi connectivity index (χ2n) is 2.97. The van der Waals surface area contributed by atoms with E-state index in [0.29, 0.717) is 10.9 Å². The van der Waals surface area contributed by atoms with Crippen LogP contribution in [0.4, 0.5) is 0 Å². The van der Waals surface area contributed by atoms with Crippen LogP contribution in [0.25, 0.3) is 10.9 Å². The molecule has 80 valence electrons. The van der Waals surface area contributed by atoms with Gasteiger partial charge in [-0.25, -0.2) is 0 Å². The number of rotatable bonds is 3. The van der Waals surface area contributed by atoms with E-state index >= 15 is 0 Å². The third-order valence-corrected chi connectivity index (χ3v) is 1.94. The Morgan fingerprint density at radius 1 is 1.27 bits per heavy atom. The van der Waals surface area contributed by atoms with Crippen LogP contribution >= 0.6 is 0 Å². The number of phenols is 2. The monoisotopic (exact) mass is 210 g/mol. The van der Waals surface area contributed by atoms with Crippen LogP contribution in [0, 0.1) is 0 Å². The van der Waals surface area contributed by atoms with E-state index in [-0.39, 0.29) is 24.7 Å². The number of benzene rings is 1. The standard InChI is InChI=1S/C9H10N2O4/c12-1-2-15-11-7-4-9(14)8(13)3-6(7)5-10-11/h3-5,12-14H,1-2H2. The molecule has 0 spiro atoms. The predicted molar refractivity (Wildman–Crippen MR) is 51.6 cm³/mol. The van der Waals surface area contributed by atoms with Crippen molar-refractivity contribution in [3.05, 3.63) is 18.3 Å². The van der Waals surface area contributed by atoms with E-state index in [9.17, 15) is 10.2 Å². The molecule has 2 rings (SSSR count). The van der Waals surface area contributed by atoms with Gasteiger partial charge < -0.3 is 20.2 Å². The Bertz CT molecular complexity index is 480. The van der Waals surface area contributed by atoms with E-state index < -0.39 is 0 Å². The molecule has 1 aromatic heterocycles. The van der Waals surface area contributed by atoms with Gasteiger partial charge in [0.1, 0.15) is 12.1 Å². The minimum absolute atomic E-state index is 0.110. The summed E-state index contributed by atoms with van der Waals surface area (Å²) in [6, 6.07) is 2.73. The smallest absolute Gasteiger partial charge is 0.159 e. The van der Waals surface area contributed by atoms with Gasteiger partial charge in [0, 0.05) is 11.5 Å². The Morgan fingerprint density at radius 3 is 2.73 bits per heavy atom. The van der Waals surface area contributed by atoms with E-state index in [1.807, 2.05) is 0 Å². The van der Waals surface area contributed by atoms with Crippen molar-refractivity contribution >= 4 is 10.9 Å². The predicted octanol–water partition coefficient (Wildman–Crippen LogP) is -0.132. The minimum Gasteiger partial charge on any atom is -0.504 e. The highest BCUT2D eigenvalue weighted by Crippen LogP contribution is 2.29. The quantitative estimate of drug-likeness (QED) is 0.614. The average molecular weight is 210 g/mol. The SMILES string of the molecule is OCCOn1ncc2cc(O)c(O)cc21. The normalized spacial score (nSPS) is 10.7. The van der Waals surface area contributed by atoms with Crippen molar-refractivity contribution < 1.29 is 20.2 Å². The lowest BCUT2D eigenvalue weighted by Crippen LogP contribution is -2.16. The molecule has 0 radical (unpaired) electrons. The Morgan fingerprint density at radius 2 is 2.00 bits per heavy atom. The van der Waals surface area contributed by atoms with Gasteiger partial charge in [-0.3, -0.25) is 0 Å². The molecule has 0 aliphatic heterocycles. The Labute approximate surface area is 84.9 Å². The van der Waals surface area contributed by atoms with Gasteiger partial charge in [0.25, 0.3) is 0 Å². The topological polar surface area (TPSA) is 87.7 Å².